The fourth-order valence-electron chi connectivity index (χ4n) is 9.19. The molecule has 5 aromatic rings. The van der Waals surface area contributed by atoms with Gasteiger partial charge in [0.1, 0.15) is 29.6 Å². The molecule has 3 aromatic carbocycles. The van der Waals surface area contributed by atoms with E-state index in [9.17, 15) is 19.2 Å². The zero-order chi connectivity index (χ0) is 41.5. The van der Waals surface area contributed by atoms with E-state index >= 15 is 4.39 Å². The average molecular weight is 815 g/mol. The van der Waals surface area contributed by atoms with Gasteiger partial charge in [0.2, 0.25) is 18.2 Å². The summed E-state index contributed by atoms with van der Waals surface area (Å²) in [4.78, 5) is 66.8. The lowest BCUT2D eigenvalue weighted by atomic mass is 9.95. The van der Waals surface area contributed by atoms with Gasteiger partial charge in [-0.1, -0.05) is 24.3 Å². The zero-order valence-corrected chi connectivity index (χ0v) is 33.4. The van der Waals surface area contributed by atoms with Crippen molar-refractivity contribution in [2.45, 2.75) is 69.6 Å². The molecule has 0 saturated carbocycles. The number of ether oxygens (including phenoxy) is 1. The van der Waals surface area contributed by atoms with E-state index in [-0.39, 0.29) is 24.6 Å². The molecule has 15 nitrogen and oxygen atoms in total. The number of benzene rings is 3. The van der Waals surface area contributed by atoms with Gasteiger partial charge >= 0.3 is 0 Å². The highest BCUT2D eigenvalue weighted by Gasteiger charge is 2.38. The summed E-state index contributed by atoms with van der Waals surface area (Å²) in [5.41, 5.74) is 10.1. The van der Waals surface area contributed by atoms with Crippen molar-refractivity contribution in [1.82, 2.24) is 39.8 Å². The van der Waals surface area contributed by atoms with Gasteiger partial charge in [-0.05, 0) is 87.1 Å². The number of anilines is 2. The van der Waals surface area contributed by atoms with E-state index in [1.165, 1.54) is 12.4 Å². The molecule has 1 unspecified atom stereocenters. The maximum atomic E-state index is 15.4. The molecule has 9 rings (SSSR count). The van der Waals surface area contributed by atoms with Crippen molar-refractivity contribution in [1.29, 1.82) is 0 Å². The molecular weight excluding hydrogens is 768 g/mol. The first-order valence-corrected chi connectivity index (χ1v) is 20.6. The third-order valence-corrected chi connectivity index (χ3v) is 12.6. The fraction of sp³-hybridized carbons (Fsp3) is 0.386. The zero-order valence-electron chi connectivity index (χ0n) is 33.4. The number of imide groups is 2. The van der Waals surface area contributed by atoms with Crippen molar-refractivity contribution in [2.24, 2.45) is 0 Å². The number of nitrogens with zero attached hydrogens (tertiary/aromatic N) is 8. The highest BCUT2D eigenvalue weighted by molar-refractivity contribution is 6.08. The van der Waals surface area contributed by atoms with Crippen LogP contribution >= 0.6 is 0 Å². The number of likely N-dealkylation sites (tertiary alicyclic amines) is 2. The minimum atomic E-state index is -1.01. The summed E-state index contributed by atoms with van der Waals surface area (Å²) in [6, 6.07) is 19.6. The molecule has 3 N–H and O–H groups in total. The number of hydrogen-bond acceptors (Lipinski definition) is 12. The van der Waals surface area contributed by atoms with Crippen LogP contribution in [0.25, 0.3) is 22.3 Å². The summed E-state index contributed by atoms with van der Waals surface area (Å²) in [5, 5.41) is 7.85. The van der Waals surface area contributed by atoms with Gasteiger partial charge in [0.15, 0.2) is 17.2 Å². The number of halogens is 1. The molecule has 4 aliphatic heterocycles. The topological polar surface area (TPSA) is 172 Å². The van der Waals surface area contributed by atoms with Crippen LogP contribution in [0.5, 0.6) is 11.5 Å². The SMILES string of the molecule is Cc1ccc(N2CC(N3CCC(N4CCC(n5nc(-c6ccc(Oc7ccccc7)c(F)c6)c6c(N)ncnc65)CC4)CC3)C2)cc1C(=O)N(C=O)C1CCC(=O)NC1=O. The van der Waals surface area contributed by atoms with Gasteiger partial charge in [-0.3, -0.25) is 34.3 Å². The second kappa shape index (κ2) is 16.4. The number of hydrogen-bond donors (Lipinski definition) is 2. The number of amides is 4. The summed E-state index contributed by atoms with van der Waals surface area (Å²) in [6.07, 6.45) is 5.99. The number of fused-ring (bicyclic) bond motifs is 1. The number of nitrogens with one attached hydrogen (secondary N) is 1. The highest BCUT2D eigenvalue weighted by Crippen LogP contribution is 2.37. The average Bonchev–Trinajstić information content (AvgIpc) is 3.64. The molecule has 4 amide bonds. The van der Waals surface area contributed by atoms with Crippen LogP contribution in [0.1, 0.15) is 60.5 Å². The van der Waals surface area contributed by atoms with E-state index in [0.717, 1.165) is 75.5 Å². The van der Waals surface area contributed by atoms with Crippen molar-refractivity contribution >= 4 is 46.7 Å². The Bertz CT molecular complexity index is 2440. The van der Waals surface area contributed by atoms with Gasteiger partial charge in [-0.15, -0.1) is 0 Å². The third-order valence-electron chi connectivity index (χ3n) is 12.6. The van der Waals surface area contributed by atoms with Crippen LogP contribution < -0.4 is 20.7 Å². The molecule has 0 aliphatic carbocycles. The normalized spacial score (nSPS) is 19.9. The maximum absolute atomic E-state index is 15.4. The molecule has 6 heterocycles. The summed E-state index contributed by atoms with van der Waals surface area (Å²) in [7, 11) is 0. The second-order valence-corrected chi connectivity index (χ2v) is 16.2. The number of aromatic nitrogens is 4. The van der Waals surface area contributed by atoms with Crippen molar-refractivity contribution in [3.05, 3.63) is 90.0 Å². The molecule has 2 aromatic heterocycles. The van der Waals surface area contributed by atoms with Crippen molar-refractivity contribution in [3.63, 3.8) is 0 Å². The molecule has 16 heteroatoms. The molecule has 4 fully saturated rings. The van der Waals surface area contributed by atoms with Crippen LogP contribution in [0.2, 0.25) is 0 Å². The molecule has 1 atom stereocenters. The Hall–Kier alpha value is -6.26. The molecule has 4 aliphatic rings. The fourth-order valence-corrected chi connectivity index (χ4v) is 9.19. The lowest BCUT2D eigenvalue weighted by Gasteiger charge is -2.50. The van der Waals surface area contributed by atoms with Crippen LogP contribution in [-0.2, 0) is 14.4 Å². The van der Waals surface area contributed by atoms with E-state index in [0.29, 0.717) is 63.5 Å². The Morgan fingerprint density at radius 2 is 1.62 bits per heavy atom. The summed E-state index contributed by atoms with van der Waals surface area (Å²) in [6.45, 7) is 7.37. The standard InChI is InChI=1S/C44H47FN10O5/c1-27-7-9-31(22-34(27)44(59)54(26-56)36-10-12-38(57)49-43(36)58)53-23-32(24-53)52-17-13-29(14-18-52)51-19-15-30(16-20-51)55-42-39(41(46)47-25-48-42)40(50-55)28-8-11-37(35(45)21-28)60-33-5-3-2-4-6-33/h2-9,11,21-22,25-26,29-30,32,36H,10,12-20,23-24H2,1H3,(H2,46,47,48)(H,49,57,58). The molecule has 4 saturated heterocycles. The summed E-state index contributed by atoms with van der Waals surface area (Å²) < 4.78 is 23.1. The van der Waals surface area contributed by atoms with E-state index in [4.69, 9.17) is 15.6 Å². The minimum absolute atomic E-state index is 0.0733. The number of piperidine rings is 3. The number of nitrogens with two attached hydrogens (primary N) is 1. The molecule has 0 bridgehead atoms. The van der Waals surface area contributed by atoms with Crippen molar-refractivity contribution in [3.8, 4) is 22.8 Å². The van der Waals surface area contributed by atoms with Crippen molar-refractivity contribution < 1.29 is 28.3 Å². The predicted octanol–water partition coefficient (Wildman–Crippen LogP) is 4.71. The Balaban J connectivity index is 0.791. The van der Waals surface area contributed by atoms with E-state index < -0.39 is 29.6 Å². The van der Waals surface area contributed by atoms with Crippen LogP contribution in [-0.4, -0.2) is 116 Å². The van der Waals surface area contributed by atoms with Crippen LogP contribution in [0.15, 0.2) is 73.1 Å². The first-order chi connectivity index (χ1) is 29.1. The maximum Gasteiger partial charge on any atom is 0.261 e. The monoisotopic (exact) mass is 814 g/mol. The first-order valence-electron chi connectivity index (χ1n) is 20.6. The highest BCUT2D eigenvalue weighted by atomic mass is 19.1. The lowest BCUT2D eigenvalue weighted by molar-refractivity contribution is -0.139. The van der Waals surface area contributed by atoms with Gasteiger partial charge in [-0.2, -0.15) is 5.10 Å². The molecular formula is C44H47FN10O5. The van der Waals surface area contributed by atoms with Gasteiger partial charge in [0, 0.05) is 74.6 Å². The Labute approximate surface area is 346 Å². The number of nitrogen functional groups attached to an aromatic ring is 1. The third kappa shape index (κ3) is 7.56. The first kappa shape index (κ1) is 39.2. The van der Waals surface area contributed by atoms with E-state index in [1.807, 2.05) is 41.9 Å². The quantitative estimate of drug-likeness (QED) is 0.147. The van der Waals surface area contributed by atoms with E-state index in [2.05, 4.69) is 30.0 Å². The molecule has 310 valence electrons. The van der Waals surface area contributed by atoms with E-state index in [1.54, 1.807) is 30.3 Å². The van der Waals surface area contributed by atoms with Crippen molar-refractivity contribution in [2.75, 3.05) is 49.9 Å². The van der Waals surface area contributed by atoms with Crippen LogP contribution in [0.3, 0.4) is 0 Å². The number of carbonyl (C=O) groups excluding carboxylic acids is 4. The van der Waals surface area contributed by atoms with Gasteiger partial charge in [0.05, 0.1) is 11.4 Å². The Kier molecular flexibility index (Phi) is 10.7. The Morgan fingerprint density at radius 1 is 0.900 bits per heavy atom. The number of carbonyl (C=O) groups is 4. The number of rotatable bonds is 10. The van der Waals surface area contributed by atoms with Gasteiger partial charge < -0.3 is 20.3 Å². The summed E-state index contributed by atoms with van der Waals surface area (Å²) >= 11 is 0. The lowest BCUT2D eigenvalue weighted by Crippen LogP contribution is -2.62. The number of para-hydroxylation sites is 1. The largest absolute Gasteiger partial charge is 0.454 e. The smallest absolute Gasteiger partial charge is 0.261 e. The predicted molar refractivity (Wildman–Crippen MR) is 222 cm³/mol. The molecule has 0 radical (unpaired) electrons. The molecule has 0 spiro atoms. The summed E-state index contributed by atoms with van der Waals surface area (Å²) in [5.74, 6) is -1.12. The van der Waals surface area contributed by atoms with Gasteiger partial charge in [-0.25, -0.2) is 19.0 Å². The van der Waals surface area contributed by atoms with Crippen LogP contribution in [0, 0.1) is 12.7 Å². The second-order valence-electron chi connectivity index (χ2n) is 16.2. The number of aryl methyl sites for hydroxylation is 1. The van der Waals surface area contributed by atoms with Gasteiger partial charge in [0.25, 0.3) is 5.91 Å². The molecule has 60 heavy (non-hydrogen) atoms. The minimum Gasteiger partial charge on any atom is -0.454 e. The Morgan fingerprint density at radius 3 is 2.32 bits per heavy atom. The van der Waals surface area contributed by atoms with Crippen LogP contribution in [0.4, 0.5) is 15.9 Å².